The average molecular weight is 349 g/mol. The zero-order valence-corrected chi connectivity index (χ0v) is 15.3. The van der Waals surface area contributed by atoms with Crippen LogP contribution in [-0.4, -0.2) is 16.4 Å². The molecule has 0 spiro atoms. The quantitative estimate of drug-likeness (QED) is 0.701. The minimum Gasteiger partial charge on any atom is -0.369 e. The molecule has 1 heterocycles. The molecule has 2 amide bonds. The molecular formula is C21H23N3O2. The number of nitrogens with one attached hydrogen (secondary N) is 1. The Kier molecular flexibility index (Phi) is 3.58. The van der Waals surface area contributed by atoms with Crippen LogP contribution < -0.4 is 11.1 Å². The number of nitrogens with zero attached hydrogens (tertiary/aromatic N) is 1. The van der Waals surface area contributed by atoms with Crippen molar-refractivity contribution in [3.8, 4) is 0 Å². The first kappa shape index (κ1) is 16.6. The van der Waals surface area contributed by atoms with Crippen LogP contribution in [0.2, 0.25) is 0 Å². The Morgan fingerprint density at radius 3 is 2.42 bits per heavy atom. The number of aryl methyl sites for hydroxylation is 1. The molecule has 3 aromatic rings. The van der Waals surface area contributed by atoms with E-state index in [0.29, 0.717) is 18.9 Å². The fourth-order valence-corrected chi connectivity index (χ4v) is 3.91. The minimum atomic E-state index is -1.02. The lowest BCUT2D eigenvalue weighted by Gasteiger charge is -2.15. The van der Waals surface area contributed by atoms with Crippen LogP contribution in [-0.2, 0) is 9.59 Å². The van der Waals surface area contributed by atoms with Gasteiger partial charge in [0, 0.05) is 33.5 Å². The average Bonchev–Trinajstić information content (AvgIpc) is 3.34. The number of amides is 2. The SMILES string of the molecule is Cc1c(NC(=O)C2(C(N)=O)CC2)ccc2c1c1ccccc1n2C(C)C. The molecule has 1 aliphatic carbocycles. The van der Waals surface area contributed by atoms with Crippen LogP contribution >= 0.6 is 0 Å². The largest absolute Gasteiger partial charge is 0.369 e. The molecule has 0 aliphatic heterocycles. The van der Waals surface area contributed by atoms with Crippen molar-refractivity contribution in [3.63, 3.8) is 0 Å². The number of benzene rings is 2. The van der Waals surface area contributed by atoms with Gasteiger partial charge in [-0.25, -0.2) is 0 Å². The van der Waals surface area contributed by atoms with E-state index in [1.54, 1.807) is 0 Å². The normalized spacial score (nSPS) is 15.5. The number of fused-ring (bicyclic) bond motifs is 3. The number of anilines is 1. The lowest BCUT2D eigenvalue weighted by atomic mass is 10.0. The van der Waals surface area contributed by atoms with Gasteiger partial charge < -0.3 is 15.6 Å². The summed E-state index contributed by atoms with van der Waals surface area (Å²) in [7, 11) is 0. The molecule has 1 fully saturated rings. The van der Waals surface area contributed by atoms with Gasteiger partial charge >= 0.3 is 0 Å². The highest BCUT2D eigenvalue weighted by atomic mass is 16.2. The van der Waals surface area contributed by atoms with Crippen molar-refractivity contribution in [1.82, 2.24) is 4.57 Å². The Morgan fingerprint density at radius 1 is 1.12 bits per heavy atom. The van der Waals surface area contributed by atoms with E-state index >= 15 is 0 Å². The highest BCUT2D eigenvalue weighted by molar-refractivity contribution is 6.15. The van der Waals surface area contributed by atoms with Crippen LogP contribution in [0.5, 0.6) is 0 Å². The van der Waals surface area contributed by atoms with Gasteiger partial charge in [0.15, 0.2) is 0 Å². The van der Waals surface area contributed by atoms with Crippen LogP contribution in [0.25, 0.3) is 21.8 Å². The maximum Gasteiger partial charge on any atom is 0.240 e. The number of aromatic nitrogens is 1. The third-order valence-corrected chi connectivity index (χ3v) is 5.56. The number of hydrogen-bond donors (Lipinski definition) is 2. The molecule has 1 aliphatic rings. The van der Waals surface area contributed by atoms with Crippen molar-refractivity contribution in [2.24, 2.45) is 11.1 Å². The van der Waals surface area contributed by atoms with Crippen molar-refractivity contribution in [2.45, 2.75) is 39.7 Å². The van der Waals surface area contributed by atoms with Crippen LogP contribution in [0, 0.1) is 12.3 Å². The van der Waals surface area contributed by atoms with Gasteiger partial charge in [0.25, 0.3) is 0 Å². The van der Waals surface area contributed by atoms with Crippen molar-refractivity contribution >= 4 is 39.3 Å². The topological polar surface area (TPSA) is 77.1 Å². The molecule has 1 saturated carbocycles. The summed E-state index contributed by atoms with van der Waals surface area (Å²) in [4.78, 5) is 24.2. The molecule has 0 unspecified atom stereocenters. The van der Waals surface area contributed by atoms with E-state index in [1.165, 1.54) is 10.9 Å². The molecule has 0 bridgehead atoms. The standard InChI is InChI=1S/C21H23N3O2/c1-12(2)24-16-7-5-4-6-14(16)18-13(3)15(8-9-17(18)24)23-20(26)21(10-11-21)19(22)25/h4-9,12H,10-11H2,1-3H3,(H2,22,25)(H,23,26). The van der Waals surface area contributed by atoms with Gasteiger partial charge in [0.05, 0.1) is 0 Å². The van der Waals surface area contributed by atoms with E-state index in [0.717, 1.165) is 22.2 Å². The first-order valence-electron chi connectivity index (χ1n) is 9.00. The summed E-state index contributed by atoms with van der Waals surface area (Å²) in [5.74, 6) is -0.829. The van der Waals surface area contributed by atoms with Crippen LogP contribution in [0.3, 0.4) is 0 Å². The molecule has 2 aromatic carbocycles. The zero-order chi connectivity index (χ0) is 18.6. The van der Waals surface area contributed by atoms with Gasteiger partial charge in [0.2, 0.25) is 11.8 Å². The summed E-state index contributed by atoms with van der Waals surface area (Å²) >= 11 is 0. The summed E-state index contributed by atoms with van der Waals surface area (Å²) in [5, 5.41) is 5.24. The van der Waals surface area contributed by atoms with E-state index in [4.69, 9.17) is 5.73 Å². The molecule has 0 saturated heterocycles. The van der Waals surface area contributed by atoms with Crippen molar-refractivity contribution < 1.29 is 9.59 Å². The Balaban J connectivity index is 1.87. The number of hydrogen-bond acceptors (Lipinski definition) is 2. The summed E-state index contributed by atoms with van der Waals surface area (Å²) in [6, 6.07) is 12.6. The van der Waals surface area contributed by atoms with E-state index in [2.05, 4.69) is 35.9 Å². The Morgan fingerprint density at radius 2 is 1.81 bits per heavy atom. The van der Waals surface area contributed by atoms with Gasteiger partial charge in [-0.15, -0.1) is 0 Å². The van der Waals surface area contributed by atoms with E-state index < -0.39 is 11.3 Å². The molecule has 26 heavy (non-hydrogen) atoms. The third-order valence-electron chi connectivity index (χ3n) is 5.56. The minimum absolute atomic E-state index is 0.292. The number of primary amides is 1. The molecule has 5 heteroatoms. The molecule has 5 nitrogen and oxygen atoms in total. The second-order valence-corrected chi connectivity index (χ2v) is 7.51. The lowest BCUT2D eigenvalue weighted by molar-refractivity contribution is -0.132. The van der Waals surface area contributed by atoms with E-state index in [1.807, 2.05) is 31.2 Å². The van der Waals surface area contributed by atoms with Crippen LogP contribution in [0.4, 0.5) is 5.69 Å². The first-order chi connectivity index (χ1) is 12.4. The summed E-state index contributed by atoms with van der Waals surface area (Å²) in [6.07, 6.45) is 1.06. The number of nitrogens with two attached hydrogens (primary N) is 1. The highest BCUT2D eigenvalue weighted by Crippen LogP contribution is 2.46. The monoisotopic (exact) mass is 349 g/mol. The molecule has 3 N–H and O–H groups in total. The van der Waals surface area contributed by atoms with Crippen molar-refractivity contribution in [2.75, 3.05) is 5.32 Å². The predicted octanol–water partition coefficient (Wildman–Crippen LogP) is 3.89. The van der Waals surface area contributed by atoms with E-state index in [9.17, 15) is 9.59 Å². The Hall–Kier alpha value is -2.82. The van der Waals surface area contributed by atoms with Crippen LogP contribution in [0.1, 0.15) is 38.3 Å². The van der Waals surface area contributed by atoms with Gasteiger partial charge in [-0.05, 0) is 57.4 Å². The molecule has 134 valence electrons. The lowest BCUT2D eigenvalue weighted by Crippen LogP contribution is -2.36. The first-order valence-corrected chi connectivity index (χ1v) is 9.00. The fourth-order valence-electron chi connectivity index (χ4n) is 3.91. The smallest absolute Gasteiger partial charge is 0.240 e. The van der Waals surface area contributed by atoms with Crippen molar-refractivity contribution in [1.29, 1.82) is 0 Å². The number of rotatable bonds is 4. The summed E-state index contributed by atoms with van der Waals surface area (Å²) in [5.41, 5.74) is 8.47. The van der Waals surface area contributed by atoms with Gasteiger partial charge in [-0.3, -0.25) is 9.59 Å². The maximum atomic E-state index is 12.6. The van der Waals surface area contributed by atoms with Gasteiger partial charge in [0.1, 0.15) is 5.41 Å². The molecule has 0 atom stereocenters. The number of carbonyl (C=O) groups excluding carboxylic acids is 2. The second-order valence-electron chi connectivity index (χ2n) is 7.51. The third kappa shape index (κ3) is 2.23. The number of carbonyl (C=O) groups is 2. The summed E-state index contributed by atoms with van der Waals surface area (Å²) in [6.45, 7) is 6.35. The highest BCUT2D eigenvalue weighted by Gasteiger charge is 2.55. The Labute approximate surface area is 152 Å². The molecule has 0 radical (unpaired) electrons. The van der Waals surface area contributed by atoms with E-state index in [-0.39, 0.29) is 5.91 Å². The van der Waals surface area contributed by atoms with Gasteiger partial charge in [-0.1, -0.05) is 18.2 Å². The maximum absolute atomic E-state index is 12.6. The van der Waals surface area contributed by atoms with Crippen LogP contribution in [0.15, 0.2) is 36.4 Å². The number of para-hydroxylation sites is 1. The predicted molar refractivity (Wildman–Crippen MR) is 104 cm³/mol. The van der Waals surface area contributed by atoms with Gasteiger partial charge in [-0.2, -0.15) is 0 Å². The van der Waals surface area contributed by atoms with Crippen molar-refractivity contribution in [3.05, 3.63) is 42.0 Å². The molecule has 4 rings (SSSR count). The summed E-state index contributed by atoms with van der Waals surface area (Å²) < 4.78 is 2.31. The molecular weight excluding hydrogens is 326 g/mol. The Bertz CT molecular complexity index is 1060. The molecule has 1 aromatic heterocycles. The second kappa shape index (κ2) is 5.59. The fraction of sp³-hybridized carbons (Fsp3) is 0.333. The zero-order valence-electron chi connectivity index (χ0n) is 15.3.